The number of hydrogen-bond acceptors (Lipinski definition) is 5. The zero-order chi connectivity index (χ0) is 15.8. The molecule has 7 heteroatoms. The molecule has 0 unspecified atom stereocenters. The second-order valence-corrected chi connectivity index (χ2v) is 5.33. The number of carbonyl (C=O) groups is 2. The lowest BCUT2D eigenvalue weighted by Crippen LogP contribution is -2.26. The first-order valence-corrected chi connectivity index (χ1v) is 7.45. The molecular weight excluding hydrogens is 294 g/mol. The van der Waals surface area contributed by atoms with E-state index in [-0.39, 0.29) is 11.7 Å². The highest BCUT2D eigenvalue weighted by atomic mass is 32.2. The first kappa shape index (κ1) is 17.2. The second kappa shape index (κ2) is 8.41. The van der Waals surface area contributed by atoms with E-state index >= 15 is 0 Å². The van der Waals surface area contributed by atoms with E-state index in [9.17, 15) is 9.59 Å². The Morgan fingerprint density at radius 2 is 1.86 bits per heavy atom. The number of benzene rings is 1. The van der Waals surface area contributed by atoms with Gasteiger partial charge in [-0.15, -0.1) is 11.8 Å². The summed E-state index contributed by atoms with van der Waals surface area (Å²) < 4.78 is 10.3. The SMILES string of the molecule is COc1cc(C)c(C(=O)NCCSCC(=O)O)cc1OC. The molecule has 1 aromatic carbocycles. The minimum Gasteiger partial charge on any atom is -0.493 e. The highest BCUT2D eigenvalue weighted by molar-refractivity contribution is 7.99. The largest absolute Gasteiger partial charge is 0.493 e. The third-order valence-corrected chi connectivity index (χ3v) is 3.68. The Bertz CT molecular complexity index is 518. The van der Waals surface area contributed by atoms with Crippen molar-refractivity contribution >= 4 is 23.6 Å². The van der Waals surface area contributed by atoms with Crippen molar-refractivity contribution in [2.75, 3.05) is 32.3 Å². The third-order valence-electron chi connectivity index (χ3n) is 2.73. The zero-order valence-electron chi connectivity index (χ0n) is 12.3. The van der Waals surface area contributed by atoms with E-state index in [4.69, 9.17) is 14.6 Å². The number of thioether (sulfide) groups is 1. The first-order valence-electron chi connectivity index (χ1n) is 6.30. The Morgan fingerprint density at radius 1 is 1.24 bits per heavy atom. The summed E-state index contributed by atoms with van der Waals surface area (Å²) in [6.07, 6.45) is 0. The number of methoxy groups -OCH3 is 2. The van der Waals surface area contributed by atoms with Crippen LogP contribution in [0, 0.1) is 6.92 Å². The van der Waals surface area contributed by atoms with Crippen molar-refractivity contribution in [3.05, 3.63) is 23.3 Å². The van der Waals surface area contributed by atoms with Gasteiger partial charge in [-0.1, -0.05) is 0 Å². The summed E-state index contributed by atoms with van der Waals surface area (Å²) in [7, 11) is 3.05. The van der Waals surface area contributed by atoms with Crippen molar-refractivity contribution in [2.24, 2.45) is 0 Å². The van der Waals surface area contributed by atoms with Gasteiger partial charge in [-0.25, -0.2) is 0 Å². The summed E-state index contributed by atoms with van der Waals surface area (Å²) in [5.74, 6) is 0.568. The van der Waals surface area contributed by atoms with Gasteiger partial charge in [-0.2, -0.15) is 0 Å². The Labute approximate surface area is 127 Å². The number of rotatable bonds is 8. The molecule has 116 valence electrons. The number of aryl methyl sites for hydroxylation is 1. The topological polar surface area (TPSA) is 84.9 Å². The predicted molar refractivity (Wildman–Crippen MR) is 81.6 cm³/mol. The van der Waals surface area contributed by atoms with Gasteiger partial charge in [0.15, 0.2) is 11.5 Å². The molecule has 0 atom stereocenters. The van der Waals surface area contributed by atoms with E-state index in [0.29, 0.717) is 29.4 Å². The van der Waals surface area contributed by atoms with Crippen molar-refractivity contribution in [3.8, 4) is 11.5 Å². The van der Waals surface area contributed by atoms with E-state index in [1.807, 2.05) is 6.92 Å². The quantitative estimate of drug-likeness (QED) is 0.709. The van der Waals surface area contributed by atoms with Crippen molar-refractivity contribution in [3.63, 3.8) is 0 Å². The third kappa shape index (κ3) is 5.18. The van der Waals surface area contributed by atoms with Crippen LogP contribution in [0.15, 0.2) is 12.1 Å². The summed E-state index contributed by atoms with van der Waals surface area (Å²) in [4.78, 5) is 22.5. The van der Waals surface area contributed by atoms with Crippen LogP contribution in [-0.2, 0) is 4.79 Å². The smallest absolute Gasteiger partial charge is 0.313 e. The molecule has 0 saturated heterocycles. The van der Waals surface area contributed by atoms with Crippen LogP contribution in [0.3, 0.4) is 0 Å². The monoisotopic (exact) mass is 313 g/mol. The fourth-order valence-electron chi connectivity index (χ4n) is 1.72. The van der Waals surface area contributed by atoms with Gasteiger partial charge in [-0.3, -0.25) is 9.59 Å². The van der Waals surface area contributed by atoms with Crippen LogP contribution in [0.1, 0.15) is 15.9 Å². The van der Waals surface area contributed by atoms with Crippen LogP contribution in [0.5, 0.6) is 11.5 Å². The van der Waals surface area contributed by atoms with Crippen LogP contribution in [0.25, 0.3) is 0 Å². The highest BCUT2D eigenvalue weighted by Gasteiger charge is 2.14. The number of carboxylic acids is 1. The van der Waals surface area contributed by atoms with Crippen LogP contribution in [0.2, 0.25) is 0 Å². The molecule has 2 N–H and O–H groups in total. The normalized spacial score (nSPS) is 10.0. The van der Waals surface area contributed by atoms with Crippen molar-refractivity contribution in [1.29, 1.82) is 0 Å². The number of aliphatic carboxylic acids is 1. The number of carbonyl (C=O) groups excluding carboxylic acids is 1. The number of amides is 1. The van der Waals surface area contributed by atoms with Gasteiger partial charge in [0.2, 0.25) is 0 Å². The fraction of sp³-hybridized carbons (Fsp3) is 0.429. The number of ether oxygens (including phenoxy) is 2. The molecule has 0 aliphatic carbocycles. The molecule has 0 spiro atoms. The molecule has 1 amide bonds. The molecule has 0 radical (unpaired) electrons. The summed E-state index contributed by atoms with van der Waals surface area (Å²) in [6.45, 7) is 2.22. The van der Waals surface area contributed by atoms with Crippen molar-refractivity contribution in [2.45, 2.75) is 6.92 Å². The van der Waals surface area contributed by atoms with Crippen molar-refractivity contribution < 1.29 is 24.2 Å². The molecule has 0 heterocycles. The minimum absolute atomic E-state index is 0.0330. The Morgan fingerprint density at radius 3 is 2.43 bits per heavy atom. The molecule has 0 aliphatic heterocycles. The zero-order valence-corrected chi connectivity index (χ0v) is 13.1. The number of carboxylic acid groups (broad SMARTS) is 1. The molecular formula is C14H19NO5S. The highest BCUT2D eigenvalue weighted by Crippen LogP contribution is 2.30. The lowest BCUT2D eigenvalue weighted by molar-refractivity contribution is -0.133. The molecule has 0 saturated carbocycles. The Balaban J connectivity index is 2.63. The summed E-state index contributed by atoms with van der Waals surface area (Å²) in [6, 6.07) is 3.38. The maximum Gasteiger partial charge on any atom is 0.313 e. The van der Waals surface area contributed by atoms with Crippen molar-refractivity contribution in [1.82, 2.24) is 5.32 Å². The van der Waals surface area contributed by atoms with E-state index in [1.165, 1.54) is 26.0 Å². The molecule has 1 rings (SSSR count). The van der Waals surface area contributed by atoms with Crippen LogP contribution >= 0.6 is 11.8 Å². The molecule has 1 aromatic rings. The molecule has 0 aromatic heterocycles. The number of nitrogens with one attached hydrogen (secondary N) is 1. The van der Waals surface area contributed by atoms with Crippen LogP contribution < -0.4 is 14.8 Å². The van der Waals surface area contributed by atoms with Crippen LogP contribution in [0.4, 0.5) is 0 Å². The van der Waals surface area contributed by atoms with Gasteiger partial charge >= 0.3 is 5.97 Å². The van der Waals surface area contributed by atoms with Gasteiger partial charge < -0.3 is 19.9 Å². The average molecular weight is 313 g/mol. The van der Waals surface area contributed by atoms with Gasteiger partial charge in [0, 0.05) is 17.9 Å². The Kier molecular flexibility index (Phi) is 6.87. The first-order chi connectivity index (χ1) is 9.99. The van der Waals surface area contributed by atoms with Crippen LogP contribution in [-0.4, -0.2) is 49.3 Å². The van der Waals surface area contributed by atoms with Gasteiger partial charge in [0.25, 0.3) is 5.91 Å². The van der Waals surface area contributed by atoms with Gasteiger partial charge in [0.05, 0.1) is 20.0 Å². The molecule has 0 aliphatic rings. The predicted octanol–water partition coefficient (Wildman–Crippen LogP) is 1.56. The lowest BCUT2D eigenvalue weighted by atomic mass is 10.1. The maximum atomic E-state index is 12.1. The minimum atomic E-state index is -0.859. The molecule has 21 heavy (non-hydrogen) atoms. The lowest BCUT2D eigenvalue weighted by Gasteiger charge is -2.12. The van der Waals surface area contributed by atoms with E-state index in [2.05, 4.69) is 5.32 Å². The number of hydrogen-bond donors (Lipinski definition) is 2. The summed E-state index contributed by atoms with van der Waals surface area (Å²) >= 11 is 1.26. The second-order valence-electron chi connectivity index (χ2n) is 4.22. The Hall–Kier alpha value is -1.89. The molecule has 0 bridgehead atoms. The average Bonchev–Trinajstić information content (AvgIpc) is 2.45. The van der Waals surface area contributed by atoms with Gasteiger partial charge in [0.1, 0.15) is 0 Å². The fourth-order valence-corrected chi connectivity index (χ4v) is 2.28. The molecule has 6 nitrogen and oxygen atoms in total. The standard InChI is InChI=1S/C14H19NO5S/c1-9-6-11(19-2)12(20-3)7-10(9)14(18)15-4-5-21-8-13(16)17/h6-7H,4-5,8H2,1-3H3,(H,15,18)(H,16,17). The summed E-state index contributed by atoms with van der Waals surface area (Å²) in [5, 5.41) is 11.3. The maximum absolute atomic E-state index is 12.1. The molecule has 0 fully saturated rings. The van der Waals surface area contributed by atoms with Gasteiger partial charge in [-0.05, 0) is 24.6 Å². The summed E-state index contributed by atoms with van der Waals surface area (Å²) in [5.41, 5.74) is 1.29. The van der Waals surface area contributed by atoms with E-state index in [0.717, 1.165) is 5.56 Å². The van der Waals surface area contributed by atoms with E-state index < -0.39 is 5.97 Å². The van der Waals surface area contributed by atoms with E-state index in [1.54, 1.807) is 12.1 Å².